The average molecular weight is 979 g/mol. The highest BCUT2D eigenvalue weighted by atomic mass is 16.5. The van der Waals surface area contributed by atoms with Gasteiger partial charge in [-0.3, -0.25) is 38.4 Å². The number of primary amides is 1. The maximum absolute atomic E-state index is 14.2. The summed E-state index contributed by atoms with van der Waals surface area (Å²) in [7, 11) is 4.02. The number of aliphatic hydroxyl groups excluding tert-OH is 2. The Hall–Kier alpha value is -6.41. The number of hydrogen-bond acceptors (Lipinski definition) is 12. The van der Waals surface area contributed by atoms with Crippen LogP contribution in [0, 0.1) is 11.8 Å². The number of nitrogens with one attached hydrogen (secondary N) is 4. The Bertz CT molecular complexity index is 2110. The number of likely N-dealkylation sites (tertiary alicyclic amines) is 1. The predicted molar refractivity (Wildman–Crippen MR) is 259 cm³/mol. The van der Waals surface area contributed by atoms with Crippen molar-refractivity contribution in [2.75, 3.05) is 27.7 Å². The number of methoxy groups -OCH3 is 1. The van der Waals surface area contributed by atoms with E-state index in [0.717, 1.165) is 10.5 Å². The Labute approximate surface area is 410 Å². The lowest BCUT2D eigenvalue weighted by atomic mass is 9.95. The van der Waals surface area contributed by atoms with Crippen LogP contribution in [-0.2, 0) is 60.7 Å². The molecule has 3 rings (SSSR count). The quantitative estimate of drug-likeness (QED) is 0.0629. The van der Waals surface area contributed by atoms with Gasteiger partial charge in [-0.1, -0.05) is 94.8 Å². The fourth-order valence-electron chi connectivity index (χ4n) is 8.29. The number of ether oxygens (including phenoxy) is 1. The van der Waals surface area contributed by atoms with Crippen molar-refractivity contribution >= 4 is 53.2 Å². The van der Waals surface area contributed by atoms with Crippen LogP contribution in [0.5, 0.6) is 0 Å². The van der Waals surface area contributed by atoms with Crippen molar-refractivity contribution in [3.63, 3.8) is 0 Å². The van der Waals surface area contributed by atoms with Crippen molar-refractivity contribution in [2.24, 2.45) is 17.6 Å². The van der Waals surface area contributed by atoms with Gasteiger partial charge in [0, 0.05) is 33.5 Å². The summed E-state index contributed by atoms with van der Waals surface area (Å²) in [4.78, 5) is 125. The molecular formula is C50H74N8O12. The Kier molecular flexibility index (Phi) is 22.9. The Balaban J connectivity index is 1.84. The van der Waals surface area contributed by atoms with Crippen LogP contribution in [0.1, 0.15) is 91.2 Å². The van der Waals surface area contributed by atoms with Crippen molar-refractivity contribution in [3.8, 4) is 0 Å². The number of nitrogens with two attached hydrogens (primary N) is 1. The first-order valence-corrected chi connectivity index (χ1v) is 23.9. The highest BCUT2D eigenvalue weighted by molar-refractivity contribution is 5.96. The van der Waals surface area contributed by atoms with Crippen LogP contribution in [-0.4, -0.2) is 160 Å². The number of esters is 1. The summed E-state index contributed by atoms with van der Waals surface area (Å²) in [5.41, 5.74) is 6.88. The molecule has 0 bridgehead atoms. The molecular weight excluding hydrogens is 905 g/mol. The number of nitrogens with zero attached hydrogens (tertiary/aromatic N) is 3. The molecule has 20 nitrogen and oxygen atoms in total. The maximum atomic E-state index is 14.2. The fraction of sp³-hybridized carbons (Fsp3) is 0.580. The summed E-state index contributed by atoms with van der Waals surface area (Å²) in [5, 5.41) is 32.2. The Morgan fingerprint density at radius 1 is 0.743 bits per heavy atom. The molecule has 0 radical (unpaired) electrons. The number of rotatable bonds is 26. The van der Waals surface area contributed by atoms with E-state index in [2.05, 4.69) is 21.3 Å². The van der Waals surface area contributed by atoms with Gasteiger partial charge in [0.2, 0.25) is 47.3 Å². The van der Waals surface area contributed by atoms with E-state index in [-0.39, 0.29) is 25.7 Å². The van der Waals surface area contributed by atoms with Crippen molar-refractivity contribution in [3.05, 3.63) is 71.8 Å². The molecule has 20 heteroatoms. The molecule has 1 aliphatic heterocycles. The molecule has 8 amide bonds. The van der Waals surface area contributed by atoms with Gasteiger partial charge in [-0.15, -0.1) is 0 Å². The molecule has 1 saturated heterocycles. The number of carbonyl (C=O) groups excluding carboxylic acids is 9. The molecule has 0 aliphatic carbocycles. The molecule has 0 aromatic heterocycles. The highest BCUT2D eigenvalue weighted by Crippen LogP contribution is 2.23. The monoisotopic (exact) mass is 979 g/mol. The van der Waals surface area contributed by atoms with Crippen LogP contribution in [0.2, 0.25) is 0 Å². The summed E-state index contributed by atoms with van der Waals surface area (Å²) in [6.07, 6.45) is -2.60. The summed E-state index contributed by atoms with van der Waals surface area (Å²) in [5.74, 6) is -7.07. The van der Waals surface area contributed by atoms with Gasteiger partial charge in [-0.05, 0) is 62.5 Å². The van der Waals surface area contributed by atoms with E-state index >= 15 is 0 Å². The smallest absolute Gasteiger partial charge is 0.328 e. The Morgan fingerprint density at radius 3 is 1.84 bits per heavy atom. The van der Waals surface area contributed by atoms with Gasteiger partial charge in [0.15, 0.2) is 0 Å². The van der Waals surface area contributed by atoms with Gasteiger partial charge in [-0.2, -0.15) is 0 Å². The minimum Gasteiger partial charge on any atom is -0.467 e. The molecule has 2 aromatic carbocycles. The summed E-state index contributed by atoms with van der Waals surface area (Å²) in [6.45, 7) is 9.85. The van der Waals surface area contributed by atoms with Crippen LogP contribution < -0.4 is 27.0 Å². The third-order valence-electron chi connectivity index (χ3n) is 12.8. The lowest BCUT2D eigenvalue weighted by Crippen LogP contribution is -2.59. The first-order valence-electron chi connectivity index (χ1n) is 23.9. The average Bonchev–Trinajstić information content (AvgIpc) is 3.83. The second-order valence-corrected chi connectivity index (χ2v) is 18.5. The molecule has 0 saturated carbocycles. The first kappa shape index (κ1) is 57.9. The zero-order chi connectivity index (χ0) is 52.4. The lowest BCUT2D eigenvalue weighted by molar-refractivity contribution is -0.154. The number of hydrogen-bond donors (Lipinski definition) is 7. The van der Waals surface area contributed by atoms with Gasteiger partial charge in [0.25, 0.3) is 0 Å². The van der Waals surface area contributed by atoms with Crippen LogP contribution in [0.3, 0.4) is 0 Å². The van der Waals surface area contributed by atoms with Crippen LogP contribution >= 0.6 is 0 Å². The zero-order valence-electron chi connectivity index (χ0n) is 41.9. The van der Waals surface area contributed by atoms with Gasteiger partial charge in [0.05, 0.1) is 25.7 Å². The number of benzene rings is 2. The third-order valence-corrected chi connectivity index (χ3v) is 12.8. The molecule has 10 unspecified atom stereocenters. The fourth-order valence-corrected chi connectivity index (χ4v) is 8.29. The van der Waals surface area contributed by atoms with Gasteiger partial charge in [0.1, 0.15) is 42.4 Å². The number of aliphatic hydroxyl groups is 2. The minimum atomic E-state index is -1.57. The van der Waals surface area contributed by atoms with Crippen molar-refractivity contribution in [2.45, 2.75) is 147 Å². The van der Waals surface area contributed by atoms with Crippen LogP contribution in [0.15, 0.2) is 60.7 Å². The number of carbonyl (C=O) groups is 9. The largest absolute Gasteiger partial charge is 0.467 e. The number of amides is 8. The second-order valence-electron chi connectivity index (χ2n) is 18.5. The number of likely N-dealkylation sites (N-methyl/N-ethyl adjacent to an activating group) is 2. The highest BCUT2D eigenvalue weighted by Gasteiger charge is 2.42. The van der Waals surface area contributed by atoms with E-state index in [1.165, 1.54) is 44.9 Å². The summed E-state index contributed by atoms with van der Waals surface area (Å²) < 4.78 is 4.96. The zero-order valence-corrected chi connectivity index (χ0v) is 41.9. The van der Waals surface area contributed by atoms with E-state index in [9.17, 15) is 53.4 Å². The molecule has 2 aromatic rings. The van der Waals surface area contributed by atoms with Crippen LogP contribution in [0.4, 0.5) is 0 Å². The van der Waals surface area contributed by atoms with Gasteiger partial charge in [-0.25, -0.2) is 4.79 Å². The standard InChI is InChI=1S/C50H74N8O12/c1-10-30(4)43(46(65)52-31(5)47(66)57(8)38(27-34-20-15-12-16-21-34)48(67)58-25-17-22-37(58)50(69)70-9)54-41(62)28-39(60)35(26-33-18-13-11-14-19-33)53-45(64)36(23-24-40(51)61)56(7)49(68)42(29(2)3)55-44(63)32(6)59/h11-16,18-21,29-32,35-39,42-43,59-60H,10,17,22-28H2,1-9H3,(H2,51,61)(H,52,65)(H,53,64)(H,54,62)(H,55,63). The minimum absolute atomic E-state index is 0.0115. The molecule has 1 aliphatic rings. The normalized spacial score (nSPS) is 17.3. The van der Waals surface area contributed by atoms with E-state index < -0.39 is 126 Å². The van der Waals surface area contributed by atoms with E-state index in [4.69, 9.17) is 10.5 Å². The van der Waals surface area contributed by atoms with Gasteiger partial charge < -0.3 is 56.7 Å². The van der Waals surface area contributed by atoms with Crippen LogP contribution in [0.25, 0.3) is 0 Å². The van der Waals surface area contributed by atoms with Gasteiger partial charge >= 0.3 is 5.97 Å². The second kappa shape index (κ2) is 27.7. The van der Waals surface area contributed by atoms with E-state index in [1.54, 1.807) is 70.2 Å². The van der Waals surface area contributed by atoms with Crippen molar-refractivity contribution < 1.29 is 58.1 Å². The lowest BCUT2D eigenvalue weighted by Gasteiger charge is -2.34. The molecule has 386 valence electrons. The first-order chi connectivity index (χ1) is 33.0. The third kappa shape index (κ3) is 16.6. The SMILES string of the molecule is CCC(C)C(NC(=O)CC(O)C(Cc1ccccc1)NC(=O)C(CCC(N)=O)N(C)C(=O)C(NC(=O)C(C)O)C(C)C)C(=O)NC(C)C(=O)N(C)C(Cc1ccccc1)C(=O)N1CCCC1C(=O)OC. The van der Waals surface area contributed by atoms with Crippen molar-refractivity contribution in [1.29, 1.82) is 0 Å². The van der Waals surface area contributed by atoms with E-state index in [1.807, 2.05) is 18.2 Å². The maximum Gasteiger partial charge on any atom is 0.328 e. The molecule has 10 atom stereocenters. The molecule has 0 spiro atoms. The van der Waals surface area contributed by atoms with Crippen molar-refractivity contribution in [1.82, 2.24) is 36.0 Å². The topological polar surface area (TPSA) is 287 Å². The molecule has 1 fully saturated rings. The molecule has 70 heavy (non-hydrogen) atoms. The summed E-state index contributed by atoms with van der Waals surface area (Å²) in [6, 6.07) is 9.95. The summed E-state index contributed by atoms with van der Waals surface area (Å²) >= 11 is 0. The molecule has 1 heterocycles. The van der Waals surface area contributed by atoms with E-state index in [0.29, 0.717) is 31.4 Å². The predicted octanol–water partition coefficient (Wildman–Crippen LogP) is 0.348. The Morgan fingerprint density at radius 2 is 1.31 bits per heavy atom. The molecule has 8 N–H and O–H groups in total.